The van der Waals surface area contributed by atoms with E-state index in [2.05, 4.69) is 10.6 Å². The maximum atomic E-state index is 12.8. The van der Waals surface area contributed by atoms with Gasteiger partial charge < -0.3 is 10.6 Å². The topological polar surface area (TPSA) is 98.8 Å². The minimum absolute atomic E-state index is 0.00998. The van der Waals surface area contributed by atoms with Crippen LogP contribution in [0.2, 0.25) is 0 Å². The molecule has 0 fully saturated rings. The third kappa shape index (κ3) is 4.95. The zero-order valence-electron chi connectivity index (χ0n) is 18.2. The summed E-state index contributed by atoms with van der Waals surface area (Å²) in [5.74, 6) is -0.456. The molecule has 0 radical (unpaired) electrons. The smallest absolute Gasteiger partial charge is 0.242 e. The number of nitrogens with one attached hydrogen (secondary N) is 2. The second kappa shape index (κ2) is 9.17. The molecule has 0 aliphatic carbocycles. The van der Waals surface area contributed by atoms with E-state index in [4.69, 9.17) is 0 Å². The van der Waals surface area contributed by atoms with E-state index < -0.39 is 16.1 Å². The van der Waals surface area contributed by atoms with Gasteiger partial charge in [0.1, 0.15) is 0 Å². The highest BCUT2D eigenvalue weighted by molar-refractivity contribution is 7.89. The number of hydrogen-bond donors (Lipinski definition) is 2. The lowest BCUT2D eigenvalue weighted by molar-refractivity contribution is -0.128. The van der Waals surface area contributed by atoms with Crippen molar-refractivity contribution in [3.05, 3.63) is 59.2 Å². The second-order valence-corrected chi connectivity index (χ2v) is 9.94. The third-order valence-corrected chi connectivity index (χ3v) is 7.43. The number of rotatable bonds is 6. The lowest BCUT2D eigenvalue weighted by Crippen LogP contribution is -2.51. The summed E-state index contributed by atoms with van der Waals surface area (Å²) in [6.07, 6.45) is 0.527. The summed E-state index contributed by atoms with van der Waals surface area (Å²) in [6.45, 7) is 2.20. The van der Waals surface area contributed by atoms with Crippen LogP contribution >= 0.6 is 0 Å². The van der Waals surface area contributed by atoms with Gasteiger partial charge in [0.2, 0.25) is 21.8 Å². The first-order valence-electron chi connectivity index (χ1n) is 9.99. The van der Waals surface area contributed by atoms with E-state index >= 15 is 0 Å². The Morgan fingerprint density at radius 1 is 1.13 bits per heavy atom. The van der Waals surface area contributed by atoms with Gasteiger partial charge in [-0.2, -0.15) is 0 Å². The van der Waals surface area contributed by atoms with Crippen molar-refractivity contribution in [2.45, 2.75) is 30.8 Å². The van der Waals surface area contributed by atoms with Crippen LogP contribution in [-0.4, -0.2) is 63.2 Å². The van der Waals surface area contributed by atoms with Crippen molar-refractivity contribution in [1.82, 2.24) is 14.5 Å². The van der Waals surface area contributed by atoms with Gasteiger partial charge in [-0.05, 0) is 42.2 Å². The number of hydrogen-bond acceptors (Lipinski definition) is 5. The number of nitrogens with zero attached hydrogens (tertiary/aromatic N) is 2. The van der Waals surface area contributed by atoms with E-state index in [1.54, 1.807) is 26.1 Å². The van der Waals surface area contributed by atoms with Crippen LogP contribution in [0.4, 0.5) is 5.69 Å². The van der Waals surface area contributed by atoms with Gasteiger partial charge >= 0.3 is 0 Å². The molecular weight excluding hydrogens is 416 g/mol. The number of benzene rings is 2. The summed E-state index contributed by atoms with van der Waals surface area (Å²) < 4.78 is 26.2. The van der Waals surface area contributed by atoms with Crippen molar-refractivity contribution in [2.75, 3.05) is 33.0 Å². The molecule has 2 aromatic rings. The van der Waals surface area contributed by atoms with E-state index in [0.717, 1.165) is 15.4 Å². The van der Waals surface area contributed by atoms with Crippen molar-refractivity contribution in [3.63, 3.8) is 0 Å². The first-order valence-corrected chi connectivity index (χ1v) is 11.4. The Balaban J connectivity index is 1.79. The standard InChI is InChI=1S/C22H28N4O4S/c1-15-9-10-18(12-20(15)31(29,30)25(3)4)24-21(27)14-26-13-17-8-6-5-7-16(17)11-19(26)22(28)23-2/h5-10,12,19H,11,13-14H2,1-4H3,(H,23,28)(H,24,27). The van der Waals surface area contributed by atoms with Crippen LogP contribution in [0.15, 0.2) is 47.4 Å². The fourth-order valence-corrected chi connectivity index (χ4v) is 4.85. The van der Waals surface area contributed by atoms with Gasteiger partial charge in [0.25, 0.3) is 0 Å². The fraction of sp³-hybridized carbons (Fsp3) is 0.364. The summed E-state index contributed by atoms with van der Waals surface area (Å²) in [5, 5.41) is 5.45. The molecule has 1 unspecified atom stereocenters. The normalized spacial score (nSPS) is 16.6. The number of fused-ring (bicyclic) bond motifs is 1. The monoisotopic (exact) mass is 444 g/mol. The molecule has 0 bridgehead atoms. The van der Waals surface area contributed by atoms with Gasteiger partial charge in [0.15, 0.2) is 0 Å². The number of sulfonamides is 1. The van der Waals surface area contributed by atoms with Crippen molar-refractivity contribution >= 4 is 27.5 Å². The first kappa shape index (κ1) is 22.9. The van der Waals surface area contributed by atoms with Gasteiger partial charge in [0.05, 0.1) is 17.5 Å². The molecule has 1 aliphatic rings. The van der Waals surface area contributed by atoms with Crippen LogP contribution < -0.4 is 10.6 Å². The zero-order valence-corrected chi connectivity index (χ0v) is 19.0. The van der Waals surface area contributed by atoms with Crippen LogP contribution in [-0.2, 0) is 32.6 Å². The van der Waals surface area contributed by atoms with E-state index in [-0.39, 0.29) is 23.3 Å². The molecule has 2 amide bonds. The quantitative estimate of drug-likeness (QED) is 0.701. The Bertz CT molecular complexity index is 1100. The lowest BCUT2D eigenvalue weighted by Gasteiger charge is -2.35. The summed E-state index contributed by atoms with van der Waals surface area (Å²) in [4.78, 5) is 27.2. The highest BCUT2D eigenvalue weighted by atomic mass is 32.2. The van der Waals surface area contributed by atoms with Crippen LogP contribution in [0.1, 0.15) is 16.7 Å². The largest absolute Gasteiger partial charge is 0.358 e. The summed E-state index contributed by atoms with van der Waals surface area (Å²) in [6, 6.07) is 12.2. The fourth-order valence-electron chi connectivity index (χ4n) is 3.71. The first-order chi connectivity index (χ1) is 14.6. The zero-order chi connectivity index (χ0) is 22.8. The summed E-state index contributed by atoms with van der Waals surface area (Å²) in [5.41, 5.74) is 3.18. The molecule has 9 heteroatoms. The Labute approximate surface area is 183 Å². The maximum absolute atomic E-state index is 12.8. The summed E-state index contributed by atoms with van der Waals surface area (Å²) in [7, 11) is 0.883. The van der Waals surface area contributed by atoms with E-state index in [1.165, 1.54) is 20.2 Å². The molecule has 0 saturated carbocycles. The molecule has 2 aromatic carbocycles. The molecular formula is C22H28N4O4S. The molecule has 2 N–H and O–H groups in total. The number of amides is 2. The minimum Gasteiger partial charge on any atom is -0.358 e. The van der Waals surface area contributed by atoms with E-state index in [9.17, 15) is 18.0 Å². The highest BCUT2D eigenvalue weighted by Gasteiger charge is 2.32. The highest BCUT2D eigenvalue weighted by Crippen LogP contribution is 2.25. The van der Waals surface area contributed by atoms with Gasteiger partial charge in [-0.15, -0.1) is 0 Å². The lowest BCUT2D eigenvalue weighted by atomic mass is 9.93. The molecule has 3 rings (SSSR count). The van der Waals surface area contributed by atoms with Gasteiger partial charge in [-0.3, -0.25) is 14.5 Å². The molecule has 1 heterocycles. The van der Waals surface area contributed by atoms with Crippen LogP contribution in [0.3, 0.4) is 0 Å². The molecule has 0 saturated heterocycles. The van der Waals surface area contributed by atoms with E-state index in [1.807, 2.05) is 29.2 Å². The number of carbonyl (C=O) groups is 2. The predicted molar refractivity (Wildman–Crippen MR) is 119 cm³/mol. The Kier molecular flexibility index (Phi) is 6.78. The average molecular weight is 445 g/mol. The second-order valence-electron chi connectivity index (χ2n) is 7.82. The van der Waals surface area contributed by atoms with Crippen molar-refractivity contribution in [1.29, 1.82) is 0 Å². The van der Waals surface area contributed by atoms with Crippen molar-refractivity contribution in [3.8, 4) is 0 Å². The molecule has 1 atom stereocenters. The molecule has 1 aliphatic heterocycles. The van der Waals surface area contributed by atoms with Crippen molar-refractivity contribution < 1.29 is 18.0 Å². The van der Waals surface area contributed by atoms with E-state index in [0.29, 0.717) is 24.2 Å². The number of aryl methyl sites for hydroxylation is 1. The Morgan fingerprint density at radius 3 is 2.45 bits per heavy atom. The van der Waals surface area contributed by atoms with Crippen molar-refractivity contribution in [2.24, 2.45) is 0 Å². The van der Waals surface area contributed by atoms with Crippen LogP contribution in [0, 0.1) is 6.92 Å². The van der Waals surface area contributed by atoms with Gasteiger partial charge in [0, 0.05) is 33.4 Å². The number of anilines is 1. The Hall–Kier alpha value is -2.75. The molecule has 166 valence electrons. The maximum Gasteiger partial charge on any atom is 0.242 e. The predicted octanol–water partition coefficient (Wildman–Crippen LogP) is 1.36. The van der Waals surface area contributed by atoms with Gasteiger partial charge in [-0.1, -0.05) is 30.3 Å². The molecule has 8 nitrogen and oxygen atoms in total. The molecule has 31 heavy (non-hydrogen) atoms. The summed E-state index contributed by atoms with van der Waals surface area (Å²) >= 11 is 0. The molecule has 0 spiro atoms. The molecule has 0 aromatic heterocycles. The van der Waals surface area contributed by atoms with Crippen LogP contribution in [0.25, 0.3) is 0 Å². The number of likely N-dealkylation sites (N-methyl/N-ethyl adjacent to an activating group) is 1. The minimum atomic E-state index is -3.63. The number of carbonyl (C=O) groups excluding carboxylic acids is 2. The van der Waals surface area contributed by atoms with Gasteiger partial charge in [-0.25, -0.2) is 12.7 Å². The van der Waals surface area contributed by atoms with Crippen LogP contribution in [0.5, 0.6) is 0 Å². The SMILES string of the molecule is CNC(=O)C1Cc2ccccc2CN1CC(=O)Nc1ccc(C)c(S(=O)(=O)N(C)C)c1. The average Bonchev–Trinajstić information content (AvgIpc) is 2.73. The Morgan fingerprint density at radius 2 is 1.81 bits per heavy atom. The third-order valence-electron chi connectivity index (χ3n) is 5.47.